The Hall–Kier alpha value is 1.20. The molecule has 9 heavy (non-hydrogen) atoms. The van der Waals surface area contributed by atoms with E-state index < -0.39 is 0 Å². The normalized spacial score (nSPS) is 5.44. The standard InChI is InChI=1S/C6H12.2ClH.Zr/c1-3-5-6-4-2;;;/h3H,1,4-6H2,2H3;2*1H;/q;;;+2/p-2. The molecule has 0 aromatic carbocycles. The largest absolute Gasteiger partial charge is 2.00 e. The van der Waals surface area contributed by atoms with Crippen LogP contribution in [0.3, 0.4) is 0 Å². The summed E-state index contributed by atoms with van der Waals surface area (Å²) in [5, 5.41) is 0. The molecule has 0 nitrogen and oxygen atoms in total. The van der Waals surface area contributed by atoms with Gasteiger partial charge in [-0.2, -0.15) is 0 Å². The van der Waals surface area contributed by atoms with Gasteiger partial charge in [-0.3, -0.25) is 0 Å². The fourth-order valence-corrected chi connectivity index (χ4v) is 0.348. The first-order chi connectivity index (χ1) is 2.91. The Labute approximate surface area is 89.4 Å². The predicted molar refractivity (Wildman–Crippen MR) is 29.7 cm³/mol. The van der Waals surface area contributed by atoms with Gasteiger partial charge in [0, 0.05) is 0 Å². The number of halogens is 2. The Bertz CT molecular complexity index is 40.0. The van der Waals surface area contributed by atoms with Crippen molar-refractivity contribution in [1.82, 2.24) is 0 Å². The predicted octanol–water partition coefficient (Wildman–Crippen LogP) is -3.63. The minimum absolute atomic E-state index is 0. The van der Waals surface area contributed by atoms with Gasteiger partial charge < -0.3 is 24.8 Å². The third-order valence-electron chi connectivity index (χ3n) is 0.762. The number of allylic oxidation sites excluding steroid dienone is 1. The molecule has 0 spiro atoms. The molecular weight excluding hydrogens is 234 g/mol. The first kappa shape index (κ1) is 22.5. The van der Waals surface area contributed by atoms with Crippen LogP contribution < -0.4 is 24.8 Å². The van der Waals surface area contributed by atoms with Crippen LogP contribution in [-0.2, 0) is 26.2 Å². The van der Waals surface area contributed by atoms with Gasteiger partial charge in [0.05, 0.1) is 0 Å². The van der Waals surface area contributed by atoms with E-state index in [0.29, 0.717) is 0 Å². The summed E-state index contributed by atoms with van der Waals surface area (Å²) >= 11 is 0. The van der Waals surface area contributed by atoms with Crippen molar-refractivity contribution >= 4 is 0 Å². The molecule has 0 aliphatic rings. The Kier molecular flexibility index (Phi) is 57.1. The summed E-state index contributed by atoms with van der Waals surface area (Å²) < 4.78 is 0. The van der Waals surface area contributed by atoms with Crippen molar-refractivity contribution in [3.63, 3.8) is 0 Å². The van der Waals surface area contributed by atoms with E-state index in [-0.39, 0.29) is 51.0 Å². The zero-order chi connectivity index (χ0) is 4.83. The summed E-state index contributed by atoms with van der Waals surface area (Å²) in [7, 11) is 0. The number of hydrogen-bond acceptors (Lipinski definition) is 0. The van der Waals surface area contributed by atoms with Gasteiger partial charge in [-0.25, -0.2) is 0 Å². The van der Waals surface area contributed by atoms with Crippen LogP contribution in [0.15, 0.2) is 12.7 Å². The molecule has 0 heterocycles. The number of rotatable bonds is 3. The molecule has 54 valence electrons. The summed E-state index contributed by atoms with van der Waals surface area (Å²) in [6, 6.07) is 0. The summed E-state index contributed by atoms with van der Waals surface area (Å²) in [6.45, 7) is 5.78. The summed E-state index contributed by atoms with van der Waals surface area (Å²) in [6.07, 6.45) is 5.72. The van der Waals surface area contributed by atoms with E-state index in [4.69, 9.17) is 0 Å². The second kappa shape index (κ2) is 22.9. The fourth-order valence-electron chi connectivity index (χ4n) is 0.348. The van der Waals surface area contributed by atoms with Crippen LogP contribution in [0, 0.1) is 0 Å². The van der Waals surface area contributed by atoms with Crippen molar-refractivity contribution in [2.75, 3.05) is 0 Å². The Morgan fingerprint density at radius 1 is 1.33 bits per heavy atom. The fraction of sp³-hybridized carbons (Fsp3) is 0.667. The zero-order valence-corrected chi connectivity index (χ0v) is 9.63. The first-order valence-electron chi connectivity index (χ1n) is 2.52. The minimum atomic E-state index is 0. The maximum Gasteiger partial charge on any atom is 2.00 e. The average molecular weight is 246 g/mol. The van der Waals surface area contributed by atoms with E-state index in [1.54, 1.807) is 0 Å². The molecule has 0 aromatic heterocycles. The molecular formula is C6H12Cl2Zr. The first-order valence-corrected chi connectivity index (χ1v) is 2.52. The molecule has 0 N–H and O–H groups in total. The van der Waals surface area contributed by atoms with Crippen LogP contribution in [0.2, 0.25) is 0 Å². The molecule has 0 amide bonds. The van der Waals surface area contributed by atoms with Gasteiger partial charge in [-0.1, -0.05) is 25.8 Å². The van der Waals surface area contributed by atoms with Gasteiger partial charge in [0.1, 0.15) is 0 Å². The van der Waals surface area contributed by atoms with E-state index in [2.05, 4.69) is 13.5 Å². The van der Waals surface area contributed by atoms with Crippen molar-refractivity contribution in [3.05, 3.63) is 12.7 Å². The van der Waals surface area contributed by atoms with Gasteiger partial charge in [0.2, 0.25) is 0 Å². The maximum absolute atomic E-state index is 3.60. The quantitative estimate of drug-likeness (QED) is 0.356. The molecule has 0 atom stereocenters. The second-order valence-electron chi connectivity index (χ2n) is 1.43. The van der Waals surface area contributed by atoms with Crippen molar-refractivity contribution in [3.8, 4) is 0 Å². The van der Waals surface area contributed by atoms with Gasteiger partial charge in [0.25, 0.3) is 0 Å². The smallest absolute Gasteiger partial charge is 1.00 e. The van der Waals surface area contributed by atoms with Crippen molar-refractivity contribution < 1.29 is 51.0 Å². The van der Waals surface area contributed by atoms with Gasteiger partial charge in [-0.15, -0.1) is 6.58 Å². The molecule has 0 aliphatic carbocycles. The molecule has 0 saturated heterocycles. The van der Waals surface area contributed by atoms with E-state index >= 15 is 0 Å². The third-order valence-corrected chi connectivity index (χ3v) is 0.762. The van der Waals surface area contributed by atoms with E-state index in [1.807, 2.05) is 6.08 Å². The number of hydrogen-bond donors (Lipinski definition) is 0. The second-order valence-corrected chi connectivity index (χ2v) is 1.43. The molecule has 0 unspecified atom stereocenters. The molecule has 0 rings (SSSR count). The van der Waals surface area contributed by atoms with Crippen molar-refractivity contribution in [1.29, 1.82) is 0 Å². The average Bonchev–Trinajstić information content (AvgIpc) is 1.61. The number of unbranched alkanes of at least 4 members (excludes halogenated alkanes) is 2. The van der Waals surface area contributed by atoms with Crippen LogP contribution >= 0.6 is 0 Å². The van der Waals surface area contributed by atoms with Crippen LogP contribution in [0.1, 0.15) is 26.2 Å². The van der Waals surface area contributed by atoms with E-state index in [1.165, 1.54) is 19.3 Å². The Balaban J connectivity index is -0.0000000417. The summed E-state index contributed by atoms with van der Waals surface area (Å²) in [5.41, 5.74) is 0. The van der Waals surface area contributed by atoms with Gasteiger partial charge >= 0.3 is 26.2 Å². The van der Waals surface area contributed by atoms with E-state index in [9.17, 15) is 0 Å². The molecule has 0 bridgehead atoms. The summed E-state index contributed by atoms with van der Waals surface area (Å²) in [4.78, 5) is 0. The summed E-state index contributed by atoms with van der Waals surface area (Å²) in [5.74, 6) is 0. The monoisotopic (exact) mass is 244 g/mol. The molecule has 3 heteroatoms. The topological polar surface area (TPSA) is 0 Å². The van der Waals surface area contributed by atoms with Gasteiger partial charge in [0.15, 0.2) is 0 Å². The zero-order valence-electron chi connectivity index (χ0n) is 5.66. The molecule has 0 radical (unpaired) electrons. The molecule has 0 saturated carbocycles. The molecule has 0 aromatic rings. The van der Waals surface area contributed by atoms with Crippen molar-refractivity contribution in [2.24, 2.45) is 0 Å². The third kappa shape index (κ3) is 27.0. The molecule has 0 aliphatic heterocycles. The van der Waals surface area contributed by atoms with Crippen LogP contribution in [0.25, 0.3) is 0 Å². The SMILES string of the molecule is C=CCCCC.[Cl-].[Cl-].[Zr+2]. The Morgan fingerprint density at radius 3 is 1.89 bits per heavy atom. The minimum Gasteiger partial charge on any atom is -1.00 e. The van der Waals surface area contributed by atoms with Crippen LogP contribution in [-0.4, -0.2) is 0 Å². The van der Waals surface area contributed by atoms with Crippen LogP contribution in [0.4, 0.5) is 0 Å². The van der Waals surface area contributed by atoms with E-state index in [0.717, 1.165) is 0 Å². The van der Waals surface area contributed by atoms with Gasteiger partial charge in [-0.05, 0) is 6.42 Å². The maximum atomic E-state index is 3.60. The molecule has 0 fully saturated rings. The Morgan fingerprint density at radius 2 is 1.78 bits per heavy atom. The van der Waals surface area contributed by atoms with Crippen LogP contribution in [0.5, 0.6) is 0 Å². The van der Waals surface area contributed by atoms with Crippen molar-refractivity contribution in [2.45, 2.75) is 26.2 Å².